The van der Waals surface area contributed by atoms with Gasteiger partial charge in [-0.1, -0.05) is 6.08 Å². The number of nitrogens with one attached hydrogen (secondary N) is 1. The molecule has 0 saturated carbocycles. The second-order valence-electron chi connectivity index (χ2n) is 3.72. The van der Waals surface area contributed by atoms with E-state index in [1.165, 1.54) is 0 Å². The Hall–Kier alpha value is -1.16. The van der Waals surface area contributed by atoms with E-state index in [2.05, 4.69) is 5.32 Å². The summed E-state index contributed by atoms with van der Waals surface area (Å²) >= 11 is 0. The van der Waals surface area contributed by atoms with E-state index < -0.39 is 0 Å². The largest absolute Gasteiger partial charge is 0.381 e. The Kier molecular flexibility index (Phi) is 2.63. The quantitative estimate of drug-likeness (QED) is 0.486. The van der Waals surface area contributed by atoms with Crippen LogP contribution in [0, 0.1) is 5.92 Å². The van der Waals surface area contributed by atoms with Gasteiger partial charge in [0, 0.05) is 18.1 Å². The van der Waals surface area contributed by atoms with Gasteiger partial charge in [0.15, 0.2) is 0 Å². The van der Waals surface area contributed by atoms with Crippen molar-refractivity contribution in [3.8, 4) is 0 Å². The number of carbonyl (C=O) groups excluding carboxylic acids is 2. The van der Waals surface area contributed by atoms with Gasteiger partial charge in [0.2, 0.25) is 5.91 Å². The first-order valence-corrected chi connectivity index (χ1v) is 4.88. The van der Waals surface area contributed by atoms with Crippen LogP contribution in [0.2, 0.25) is 0 Å². The minimum atomic E-state index is -0.236. The summed E-state index contributed by atoms with van der Waals surface area (Å²) in [7, 11) is 0. The summed E-state index contributed by atoms with van der Waals surface area (Å²) in [6.07, 6.45) is 4.20. The van der Waals surface area contributed by atoms with Gasteiger partial charge in [0.05, 0.1) is 13.0 Å². The molecule has 0 aliphatic carbocycles. The predicted molar refractivity (Wildman–Crippen MR) is 49.4 cm³/mol. The van der Waals surface area contributed by atoms with Crippen LogP contribution in [-0.2, 0) is 14.3 Å². The van der Waals surface area contributed by atoms with Gasteiger partial charge in [0.1, 0.15) is 0 Å². The maximum absolute atomic E-state index is 11.2. The number of imide groups is 1. The Bertz CT molecular complexity index is 290. The fourth-order valence-electron chi connectivity index (χ4n) is 1.82. The van der Waals surface area contributed by atoms with Gasteiger partial charge in [0.25, 0.3) is 5.91 Å². The summed E-state index contributed by atoms with van der Waals surface area (Å²) < 4.78 is 5.29. The highest BCUT2D eigenvalue weighted by atomic mass is 16.5. The van der Waals surface area contributed by atoms with E-state index in [0.29, 0.717) is 18.1 Å². The molecule has 14 heavy (non-hydrogen) atoms. The van der Waals surface area contributed by atoms with Gasteiger partial charge in [-0.3, -0.25) is 14.9 Å². The highest BCUT2D eigenvalue weighted by molar-refractivity contribution is 6.13. The van der Waals surface area contributed by atoms with Crippen LogP contribution in [-0.4, -0.2) is 25.0 Å². The first-order valence-electron chi connectivity index (χ1n) is 4.88. The molecule has 4 heteroatoms. The second-order valence-corrected chi connectivity index (χ2v) is 3.72. The zero-order valence-corrected chi connectivity index (χ0v) is 7.91. The third kappa shape index (κ3) is 2.01. The van der Waals surface area contributed by atoms with Crippen molar-refractivity contribution in [3.05, 3.63) is 11.6 Å². The predicted octanol–water partition coefficient (Wildman–Crippen LogP) is 0.386. The summed E-state index contributed by atoms with van der Waals surface area (Å²) in [5.74, 6) is -0.131. The number of hydrogen-bond donors (Lipinski definition) is 1. The second kappa shape index (κ2) is 3.92. The summed E-state index contributed by atoms with van der Waals surface area (Å²) in [6.45, 7) is 1.48. The molecule has 0 spiro atoms. The van der Waals surface area contributed by atoms with Crippen molar-refractivity contribution in [2.24, 2.45) is 5.92 Å². The molecule has 0 radical (unpaired) electrons. The van der Waals surface area contributed by atoms with Crippen LogP contribution in [0.15, 0.2) is 11.6 Å². The molecule has 0 aromatic heterocycles. The van der Waals surface area contributed by atoms with Gasteiger partial charge in [-0.15, -0.1) is 0 Å². The lowest BCUT2D eigenvalue weighted by Gasteiger charge is -2.19. The lowest BCUT2D eigenvalue weighted by molar-refractivity contribution is -0.124. The molecule has 2 amide bonds. The molecule has 1 atom stereocenters. The van der Waals surface area contributed by atoms with Gasteiger partial charge in [-0.2, -0.15) is 0 Å². The molecule has 0 bridgehead atoms. The third-order valence-electron chi connectivity index (χ3n) is 2.53. The van der Waals surface area contributed by atoms with Crippen molar-refractivity contribution in [2.75, 3.05) is 13.2 Å². The molecule has 2 aliphatic rings. The van der Waals surface area contributed by atoms with E-state index in [1.54, 1.807) is 0 Å². The zero-order chi connectivity index (χ0) is 9.97. The van der Waals surface area contributed by atoms with Gasteiger partial charge in [-0.25, -0.2) is 0 Å². The van der Waals surface area contributed by atoms with Crippen LogP contribution in [0.4, 0.5) is 0 Å². The molecule has 0 aromatic carbocycles. The Morgan fingerprint density at radius 2 is 2.29 bits per heavy atom. The number of carbonyl (C=O) groups is 2. The molecular weight excluding hydrogens is 182 g/mol. The molecule has 76 valence electrons. The highest BCUT2D eigenvalue weighted by Gasteiger charge is 2.25. The Morgan fingerprint density at radius 1 is 1.43 bits per heavy atom. The average Bonchev–Trinajstić information content (AvgIpc) is 2.47. The lowest BCUT2D eigenvalue weighted by Crippen LogP contribution is -2.20. The maximum atomic E-state index is 11.2. The molecule has 2 rings (SSSR count). The summed E-state index contributed by atoms with van der Waals surface area (Å²) in [4.78, 5) is 22.1. The third-order valence-corrected chi connectivity index (χ3v) is 2.53. The Morgan fingerprint density at radius 3 is 2.86 bits per heavy atom. The first-order chi connectivity index (χ1) is 6.75. The van der Waals surface area contributed by atoms with Gasteiger partial charge < -0.3 is 4.74 Å². The lowest BCUT2D eigenvalue weighted by atomic mass is 9.98. The SMILES string of the molecule is O=C1CC(=CC2CCCOC2)C(=O)N1. The van der Waals surface area contributed by atoms with Gasteiger partial charge in [-0.05, 0) is 12.8 Å². The van der Waals surface area contributed by atoms with Crippen molar-refractivity contribution in [3.63, 3.8) is 0 Å². The molecule has 2 aliphatic heterocycles. The Labute approximate surface area is 82.3 Å². The van der Waals surface area contributed by atoms with Gasteiger partial charge >= 0.3 is 0 Å². The number of ether oxygens (including phenoxy) is 1. The van der Waals surface area contributed by atoms with Crippen LogP contribution in [0.3, 0.4) is 0 Å². The van der Waals surface area contributed by atoms with Crippen molar-refractivity contribution in [1.29, 1.82) is 0 Å². The molecule has 0 aromatic rings. The molecule has 2 saturated heterocycles. The van der Waals surface area contributed by atoms with Crippen molar-refractivity contribution >= 4 is 11.8 Å². The standard InChI is InChI=1S/C10H13NO3/c12-9-5-8(10(13)11-9)4-7-2-1-3-14-6-7/h4,7H,1-3,5-6H2,(H,11,12,13). The summed E-state index contributed by atoms with van der Waals surface area (Å²) in [6, 6.07) is 0. The van der Waals surface area contributed by atoms with Crippen molar-refractivity contribution in [1.82, 2.24) is 5.32 Å². The van der Waals surface area contributed by atoms with Crippen LogP contribution < -0.4 is 5.32 Å². The van der Waals surface area contributed by atoms with Crippen LogP contribution in [0.25, 0.3) is 0 Å². The average molecular weight is 195 g/mol. The van der Waals surface area contributed by atoms with Crippen LogP contribution in [0.5, 0.6) is 0 Å². The highest BCUT2D eigenvalue weighted by Crippen LogP contribution is 2.19. The monoisotopic (exact) mass is 195 g/mol. The zero-order valence-electron chi connectivity index (χ0n) is 7.91. The fourth-order valence-corrected chi connectivity index (χ4v) is 1.82. The van der Waals surface area contributed by atoms with E-state index in [4.69, 9.17) is 4.74 Å². The van der Waals surface area contributed by atoms with Crippen molar-refractivity contribution < 1.29 is 14.3 Å². The minimum Gasteiger partial charge on any atom is -0.381 e. The molecule has 2 heterocycles. The number of amides is 2. The first kappa shape index (κ1) is 9.40. The van der Waals surface area contributed by atoms with E-state index in [1.807, 2.05) is 6.08 Å². The number of hydrogen-bond acceptors (Lipinski definition) is 3. The molecule has 2 fully saturated rings. The smallest absolute Gasteiger partial charge is 0.253 e. The molecule has 1 N–H and O–H groups in total. The van der Waals surface area contributed by atoms with E-state index in [9.17, 15) is 9.59 Å². The van der Waals surface area contributed by atoms with E-state index in [0.717, 1.165) is 19.4 Å². The van der Waals surface area contributed by atoms with E-state index >= 15 is 0 Å². The minimum absolute atomic E-state index is 0.196. The molecular formula is C10H13NO3. The normalized spacial score (nSPS) is 30.9. The molecule has 1 unspecified atom stereocenters. The maximum Gasteiger partial charge on any atom is 0.253 e. The fraction of sp³-hybridized carbons (Fsp3) is 0.600. The van der Waals surface area contributed by atoms with Crippen molar-refractivity contribution in [2.45, 2.75) is 19.3 Å². The Balaban J connectivity index is 2.02. The van der Waals surface area contributed by atoms with Crippen LogP contribution >= 0.6 is 0 Å². The summed E-state index contributed by atoms with van der Waals surface area (Å²) in [5.41, 5.74) is 0.602. The summed E-state index contributed by atoms with van der Waals surface area (Å²) in [5, 5.41) is 2.27. The number of rotatable bonds is 1. The van der Waals surface area contributed by atoms with E-state index in [-0.39, 0.29) is 18.2 Å². The topological polar surface area (TPSA) is 55.4 Å². The van der Waals surface area contributed by atoms with Crippen LogP contribution in [0.1, 0.15) is 19.3 Å². The molecule has 4 nitrogen and oxygen atoms in total.